The van der Waals surface area contributed by atoms with E-state index in [2.05, 4.69) is 15.3 Å². The van der Waals surface area contributed by atoms with Gasteiger partial charge >= 0.3 is 0 Å². The van der Waals surface area contributed by atoms with Gasteiger partial charge in [0, 0.05) is 25.5 Å². The highest BCUT2D eigenvalue weighted by Crippen LogP contribution is 2.17. The van der Waals surface area contributed by atoms with Crippen molar-refractivity contribution in [3.8, 4) is 5.82 Å². The molecule has 2 aromatic heterocycles. The van der Waals surface area contributed by atoms with E-state index in [0.717, 1.165) is 6.07 Å². The highest BCUT2D eigenvalue weighted by Gasteiger charge is 2.11. The Morgan fingerprint density at radius 1 is 1.33 bits per heavy atom. The number of pyridine rings is 1. The number of nitrogens with one attached hydrogen (secondary N) is 1. The number of hydrogen-bond donors (Lipinski definition) is 1. The normalized spacial score (nSPS) is 10.3. The molecule has 0 atom stereocenters. The summed E-state index contributed by atoms with van der Waals surface area (Å²) in [7, 11) is 1.51. The van der Waals surface area contributed by atoms with Crippen LogP contribution < -0.4 is 5.32 Å². The number of anilines is 1. The van der Waals surface area contributed by atoms with Gasteiger partial charge in [0.25, 0.3) is 0 Å². The summed E-state index contributed by atoms with van der Waals surface area (Å²) in [6.07, 6.45) is 4.41. The van der Waals surface area contributed by atoms with Gasteiger partial charge in [0.2, 0.25) is 0 Å². The molecule has 0 spiro atoms. The monoisotopic (exact) mass is 210 g/mol. The molecule has 6 heteroatoms. The van der Waals surface area contributed by atoms with Crippen LogP contribution >= 0.6 is 0 Å². The van der Waals surface area contributed by atoms with Crippen LogP contribution in [0.4, 0.5) is 14.6 Å². The van der Waals surface area contributed by atoms with Gasteiger partial charge in [0.05, 0.1) is 0 Å². The SMILES string of the molecule is CNc1nc(-n2ccnc2)c(F)cc1F. The van der Waals surface area contributed by atoms with Crippen molar-refractivity contribution in [2.75, 3.05) is 12.4 Å². The average Bonchev–Trinajstić information content (AvgIpc) is 2.71. The van der Waals surface area contributed by atoms with E-state index < -0.39 is 11.6 Å². The quantitative estimate of drug-likeness (QED) is 0.818. The highest BCUT2D eigenvalue weighted by atomic mass is 19.1. The number of aromatic nitrogens is 3. The first-order chi connectivity index (χ1) is 7.22. The minimum absolute atomic E-state index is 0.0000926. The molecule has 0 saturated carbocycles. The summed E-state index contributed by atoms with van der Waals surface area (Å²) in [5.74, 6) is -1.44. The van der Waals surface area contributed by atoms with Crippen LogP contribution in [-0.2, 0) is 0 Å². The number of imidazole rings is 1. The molecular formula is C9H8F2N4. The van der Waals surface area contributed by atoms with Crippen molar-refractivity contribution < 1.29 is 8.78 Å². The van der Waals surface area contributed by atoms with E-state index >= 15 is 0 Å². The van der Waals surface area contributed by atoms with Crippen molar-refractivity contribution in [3.05, 3.63) is 36.4 Å². The molecule has 0 aliphatic carbocycles. The molecule has 15 heavy (non-hydrogen) atoms. The first-order valence-corrected chi connectivity index (χ1v) is 4.24. The van der Waals surface area contributed by atoms with Gasteiger partial charge < -0.3 is 5.32 Å². The summed E-state index contributed by atoms with van der Waals surface area (Å²) in [5, 5.41) is 2.54. The zero-order chi connectivity index (χ0) is 10.8. The van der Waals surface area contributed by atoms with E-state index in [-0.39, 0.29) is 11.6 Å². The predicted octanol–water partition coefficient (Wildman–Crippen LogP) is 1.59. The van der Waals surface area contributed by atoms with E-state index in [9.17, 15) is 8.78 Å². The van der Waals surface area contributed by atoms with E-state index in [1.165, 1.54) is 30.3 Å². The molecule has 0 radical (unpaired) electrons. The average molecular weight is 210 g/mol. The van der Waals surface area contributed by atoms with Crippen LogP contribution in [0.2, 0.25) is 0 Å². The van der Waals surface area contributed by atoms with Crippen molar-refractivity contribution >= 4 is 5.82 Å². The lowest BCUT2D eigenvalue weighted by atomic mass is 10.4. The van der Waals surface area contributed by atoms with E-state index in [4.69, 9.17) is 0 Å². The Morgan fingerprint density at radius 3 is 2.73 bits per heavy atom. The molecule has 4 nitrogen and oxygen atoms in total. The van der Waals surface area contributed by atoms with Gasteiger partial charge in [0.15, 0.2) is 23.3 Å². The largest absolute Gasteiger partial charge is 0.371 e. The maximum absolute atomic E-state index is 13.4. The van der Waals surface area contributed by atoms with Crippen LogP contribution in [0.15, 0.2) is 24.8 Å². The van der Waals surface area contributed by atoms with Crippen LogP contribution in [0.25, 0.3) is 5.82 Å². The second-order valence-corrected chi connectivity index (χ2v) is 2.84. The molecular weight excluding hydrogens is 202 g/mol. The van der Waals surface area contributed by atoms with Crippen LogP contribution in [0.3, 0.4) is 0 Å². The minimum atomic E-state index is -0.732. The van der Waals surface area contributed by atoms with Crippen LogP contribution in [0, 0.1) is 11.6 Å². The summed E-state index contributed by atoms with van der Waals surface area (Å²) in [6.45, 7) is 0. The second-order valence-electron chi connectivity index (χ2n) is 2.84. The second kappa shape index (κ2) is 3.64. The molecule has 0 aromatic carbocycles. The Labute approximate surface area is 84.6 Å². The van der Waals surface area contributed by atoms with Gasteiger partial charge in [-0.15, -0.1) is 0 Å². The maximum atomic E-state index is 13.4. The Morgan fingerprint density at radius 2 is 2.13 bits per heavy atom. The van der Waals surface area contributed by atoms with E-state index in [1.807, 2.05) is 0 Å². The van der Waals surface area contributed by atoms with Crippen LogP contribution in [0.1, 0.15) is 0 Å². The summed E-state index contributed by atoms with van der Waals surface area (Å²) >= 11 is 0. The summed E-state index contributed by atoms with van der Waals surface area (Å²) in [4.78, 5) is 7.55. The van der Waals surface area contributed by atoms with E-state index in [0.29, 0.717) is 0 Å². The summed E-state index contributed by atoms with van der Waals surface area (Å²) in [6, 6.07) is 0.786. The molecule has 0 bridgehead atoms. The number of rotatable bonds is 2. The molecule has 0 fully saturated rings. The smallest absolute Gasteiger partial charge is 0.176 e. The van der Waals surface area contributed by atoms with Crippen LogP contribution in [0.5, 0.6) is 0 Å². The van der Waals surface area contributed by atoms with Gasteiger partial charge in [-0.3, -0.25) is 4.57 Å². The van der Waals surface area contributed by atoms with Gasteiger partial charge in [0.1, 0.15) is 6.33 Å². The predicted molar refractivity (Wildman–Crippen MR) is 50.8 cm³/mol. The molecule has 2 heterocycles. The third-order valence-corrected chi connectivity index (χ3v) is 1.90. The number of hydrogen-bond acceptors (Lipinski definition) is 3. The highest BCUT2D eigenvalue weighted by molar-refractivity contribution is 5.41. The van der Waals surface area contributed by atoms with Gasteiger partial charge in [-0.2, -0.15) is 0 Å². The molecule has 0 aliphatic rings. The molecule has 0 unspecified atom stereocenters. The van der Waals surface area contributed by atoms with Crippen molar-refractivity contribution in [2.24, 2.45) is 0 Å². The van der Waals surface area contributed by atoms with Gasteiger partial charge in [-0.25, -0.2) is 18.7 Å². The topological polar surface area (TPSA) is 42.7 Å². The van der Waals surface area contributed by atoms with Gasteiger partial charge in [-0.05, 0) is 0 Å². The molecule has 2 rings (SSSR count). The standard InChI is InChI=1S/C9H8F2N4/c1-12-8-6(10)4-7(11)9(14-8)15-3-2-13-5-15/h2-5H,1H3,(H,12,14). The first-order valence-electron chi connectivity index (χ1n) is 4.24. The van der Waals surface area contributed by atoms with Crippen molar-refractivity contribution in [3.63, 3.8) is 0 Å². The summed E-state index contributed by atoms with van der Waals surface area (Å²) < 4.78 is 27.8. The Bertz CT molecular complexity index is 467. The third-order valence-electron chi connectivity index (χ3n) is 1.90. The number of nitrogens with zero attached hydrogens (tertiary/aromatic N) is 3. The molecule has 0 aliphatic heterocycles. The van der Waals surface area contributed by atoms with Crippen molar-refractivity contribution in [1.29, 1.82) is 0 Å². The molecule has 0 amide bonds. The Balaban J connectivity index is 2.57. The van der Waals surface area contributed by atoms with E-state index in [1.54, 1.807) is 0 Å². The number of halogens is 2. The molecule has 1 N–H and O–H groups in total. The molecule has 0 saturated heterocycles. The van der Waals surface area contributed by atoms with Crippen LogP contribution in [-0.4, -0.2) is 21.6 Å². The fraction of sp³-hybridized carbons (Fsp3) is 0.111. The molecule has 2 aromatic rings. The zero-order valence-electron chi connectivity index (χ0n) is 7.91. The lowest BCUT2D eigenvalue weighted by Crippen LogP contribution is -2.04. The fourth-order valence-corrected chi connectivity index (χ4v) is 1.20. The Hall–Kier alpha value is -1.98. The lowest BCUT2D eigenvalue weighted by Gasteiger charge is -2.06. The minimum Gasteiger partial charge on any atom is -0.371 e. The maximum Gasteiger partial charge on any atom is 0.176 e. The van der Waals surface area contributed by atoms with Gasteiger partial charge in [-0.1, -0.05) is 0 Å². The zero-order valence-corrected chi connectivity index (χ0v) is 7.91. The van der Waals surface area contributed by atoms with Crippen molar-refractivity contribution in [2.45, 2.75) is 0 Å². The van der Waals surface area contributed by atoms with Crippen molar-refractivity contribution in [1.82, 2.24) is 14.5 Å². The molecule has 78 valence electrons. The Kier molecular flexibility index (Phi) is 2.32. The third kappa shape index (κ3) is 1.65. The lowest BCUT2D eigenvalue weighted by molar-refractivity contribution is 0.569. The summed E-state index contributed by atoms with van der Waals surface area (Å²) in [5.41, 5.74) is 0. The fourth-order valence-electron chi connectivity index (χ4n) is 1.20. The first kappa shape index (κ1) is 9.57.